The molecule has 8 heteroatoms. The minimum atomic E-state index is -3.47. The number of carbonyl (C=O) groups is 1. The maximum Gasteiger partial charge on any atom is 0.243 e. The standard InChI is InChI=1S/C15H23N3O4S/c16-7-1-2-15(19)17-12-13-3-5-14(6-4-13)23(20,21)18-8-10-22-11-9-18/h3-6H,1-2,7-12,16H2,(H,17,19). The number of ether oxygens (including phenoxy) is 1. The Balaban J connectivity index is 1.94. The molecule has 1 saturated heterocycles. The molecular formula is C15H23N3O4S. The lowest BCUT2D eigenvalue weighted by Crippen LogP contribution is -2.40. The van der Waals surface area contributed by atoms with Gasteiger partial charge in [0.15, 0.2) is 0 Å². The first-order valence-corrected chi connectivity index (χ1v) is 9.11. The fourth-order valence-electron chi connectivity index (χ4n) is 2.27. The molecule has 0 radical (unpaired) electrons. The minimum absolute atomic E-state index is 0.0551. The fourth-order valence-corrected chi connectivity index (χ4v) is 3.67. The second kappa shape index (κ2) is 8.39. The molecule has 1 aliphatic rings. The minimum Gasteiger partial charge on any atom is -0.379 e. The Bertz CT molecular complexity index is 610. The first-order valence-electron chi connectivity index (χ1n) is 7.67. The van der Waals surface area contributed by atoms with E-state index in [1.54, 1.807) is 24.3 Å². The largest absolute Gasteiger partial charge is 0.379 e. The van der Waals surface area contributed by atoms with Gasteiger partial charge in [-0.25, -0.2) is 8.42 Å². The average molecular weight is 341 g/mol. The zero-order valence-corrected chi connectivity index (χ0v) is 13.8. The van der Waals surface area contributed by atoms with Crippen molar-refractivity contribution < 1.29 is 17.9 Å². The van der Waals surface area contributed by atoms with Gasteiger partial charge in [-0.2, -0.15) is 4.31 Å². The SMILES string of the molecule is NCCCC(=O)NCc1ccc(S(=O)(=O)N2CCOCC2)cc1. The number of benzene rings is 1. The van der Waals surface area contributed by atoms with E-state index in [0.29, 0.717) is 52.2 Å². The predicted octanol–water partition coefficient (Wildman–Crippen LogP) is 0.0626. The van der Waals surface area contributed by atoms with Crippen molar-refractivity contribution in [1.29, 1.82) is 0 Å². The molecule has 7 nitrogen and oxygen atoms in total. The summed E-state index contributed by atoms with van der Waals surface area (Å²) in [5.74, 6) is -0.0551. The highest BCUT2D eigenvalue weighted by Gasteiger charge is 2.25. The van der Waals surface area contributed by atoms with E-state index in [0.717, 1.165) is 5.56 Å². The lowest BCUT2D eigenvalue weighted by molar-refractivity contribution is -0.121. The second-order valence-corrected chi connectivity index (χ2v) is 7.27. The highest BCUT2D eigenvalue weighted by atomic mass is 32.2. The molecular weight excluding hydrogens is 318 g/mol. The molecule has 1 heterocycles. The number of nitrogens with zero attached hydrogens (tertiary/aromatic N) is 1. The van der Waals surface area contributed by atoms with Crippen molar-refractivity contribution in [1.82, 2.24) is 9.62 Å². The Labute approximate surface area is 136 Å². The van der Waals surface area contributed by atoms with E-state index >= 15 is 0 Å². The highest BCUT2D eigenvalue weighted by Crippen LogP contribution is 2.17. The van der Waals surface area contributed by atoms with Crippen molar-refractivity contribution >= 4 is 15.9 Å². The van der Waals surface area contributed by atoms with Crippen LogP contribution < -0.4 is 11.1 Å². The summed E-state index contributed by atoms with van der Waals surface area (Å²) in [5.41, 5.74) is 6.21. The van der Waals surface area contributed by atoms with Crippen LogP contribution in [-0.2, 0) is 26.1 Å². The molecule has 1 amide bonds. The second-order valence-electron chi connectivity index (χ2n) is 5.33. The Hall–Kier alpha value is -1.48. The lowest BCUT2D eigenvalue weighted by Gasteiger charge is -2.26. The molecule has 1 aromatic carbocycles. The van der Waals surface area contributed by atoms with E-state index < -0.39 is 10.0 Å². The molecule has 0 aromatic heterocycles. The molecule has 1 aromatic rings. The van der Waals surface area contributed by atoms with Crippen LogP contribution in [0.3, 0.4) is 0 Å². The van der Waals surface area contributed by atoms with Crippen molar-refractivity contribution in [2.24, 2.45) is 5.73 Å². The number of hydrogen-bond acceptors (Lipinski definition) is 5. The zero-order valence-electron chi connectivity index (χ0n) is 13.0. The van der Waals surface area contributed by atoms with E-state index in [-0.39, 0.29) is 10.8 Å². The Morgan fingerprint density at radius 2 is 1.87 bits per heavy atom. The summed E-state index contributed by atoms with van der Waals surface area (Å²) in [5, 5.41) is 2.78. The topological polar surface area (TPSA) is 102 Å². The van der Waals surface area contributed by atoms with Crippen LogP contribution in [0.1, 0.15) is 18.4 Å². The van der Waals surface area contributed by atoms with Crippen LogP contribution in [0, 0.1) is 0 Å². The Morgan fingerprint density at radius 3 is 2.48 bits per heavy atom. The third-order valence-electron chi connectivity index (χ3n) is 3.63. The number of carbonyl (C=O) groups excluding carboxylic acids is 1. The fraction of sp³-hybridized carbons (Fsp3) is 0.533. The molecule has 1 aliphatic heterocycles. The van der Waals surface area contributed by atoms with Gasteiger partial charge in [0.05, 0.1) is 18.1 Å². The first kappa shape index (κ1) is 17.9. The van der Waals surface area contributed by atoms with Gasteiger partial charge in [0.2, 0.25) is 15.9 Å². The van der Waals surface area contributed by atoms with Crippen molar-refractivity contribution in [3.63, 3.8) is 0 Å². The summed E-state index contributed by atoms with van der Waals surface area (Å²) < 4.78 is 31.6. The van der Waals surface area contributed by atoms with Gasteiger partial charge in [-0.1, -0.05) is 12.1 Å². The maximum atomic E-state index is 12.5. The van der Waals surface area contributed by atoms with Crippen LogP contribution in [0.25, 0.3) is 0 Å². The number of nitrogens with one attached hydrogen (secondary N) is 1. The Kier molecular flexibility index (Phi) is 6.52. The summed E-state index contributed by atoms with van der Waals surface area (Å²) in [4.78, 5) is 11.8. The summed E-state index contributed by atoms with van der Waals surface area (Å²) >= 11 is 0. The molecule has 0 unspecified atom stereocenters. The van der Waals surface area contributed by atoms with Gasteiger partial charge in [-0.05, 0) is 30.7 Å². The van der Waals surface area contributed by atoms with Crippen LogP contribution in [0.4, 0.5) is 0 Å². The predicted molar refractivity (Wildman–Crippen MR) is 86.2 cm³/mol. The van der Waals surface area contributed by atoms with Crippen LogP contribution in [0.15, 0.2) is 29.2 Å². The third-order valence-corrected chi connectivity index (χ3v) is 5.54. The van der Waals surface area contributed by atoms with Gasteiger partial charge in [0.1, 0.15) is 0 Å². The summed E-state index contributed by atoms with van der Waals surface area (Å²) in [6.07, 6.45) is 1.06. The smallest absolute Gasteiger partial charge is 0.243 e. The van der Waals surface area contributed by atoms with Crippen LogP contribution >= 0.6 is 0 Å². The maximum absolute atomic E-state index is 12.5. The number of nitrogens with two attached hydrogens (primary N) is 1. The van der Waals surface area contributed by atoms with Crippen molar-refractivity contribution in [2.75, 3.05) is 32.8 Å². The number of sulfonamides is 1. The van der Waals surface area contributed by atoms with Crippen molar-refractivity contribution in [3.05, 3.63) is 29.8 Å². The monoisotopic (exact) mass is 341 g/mol. The first-order chi connectivity index (χ1) is 11.0. The summed E-state index contributed by atoms with van der Waals surface area (Å²) in [6.45, 7) is 2.46. The lowest BCUT2D eigenvalue weighted by atomic mass is 10.2. The van der Waals surface area contributed by atoms with E-state index in [1.165, 1.54) is 4.31 Å². The normalized spacial score (nSPS) is 16.2. The highest BCUT2D eigenvalue weighted by molar-refractivity contribution is 7.89. The van der Waals surface area contributed by atoms with E-state index in [4.69, 9.17) is 10.5 Å². The molecule has 0 atom stereocenters. The molecule has 0 bridgehead atoms. The van der Waals surface area contributed by atoms with E-state index in [1.807, 2.05) is 0 Å². The molecule has 128 valence electrons. The van der Waals surface area contributed by atoms with Gasteiger partial charge in [-0.3, -0.25) is 4.79 Å². The van der Waals surface area contributed by atoms with Crippen molar-refractivity contribution in [2.45, 2.75) is 24.3 Å². The molecule has 0 spiro atoms. The quantitative estimate of drug-likeness (QED) is 0.730. The van der Waals surface area contributed by atoms with Crippen LogP contribution in [0.2, 0.25) is 0 Å². The Morgan fingerprint density at radius 1 is 1.22 bits per heavy atom. The number of hydrogen-bond donors (Lipinski definition) is 2. The van der Waals surface area contributed by atoms with Gasteiger partial charge in [0, 0.05) is 26.1 Å². The zero-order chi connectivity index (χ0) is 16.7. The molecule has 0 aliphatic carbocycles. The summed E-state index contributed by atoms with van der Waals surface area (Å²) in [7, 11) is -3.47. The average Bonchev–Trinajstić information content (AvgIpc) is 2.59. The molecule has 2 rings (SSSR count). The molecule has 1 fully saturated rings. The van der Waals surface area contributed by atoms with Crippen LogP contribution in [-0.4, -0.2) is 51.5 Å². The number of morpholine rings is 1. The third kappa shape index (κ3) is 5.00. The van der Waals surface area contributed by atoms with Crippen molar-refractivity contribution in [3.8, 4) is 0 Å². The molecule has 0 saturated carbocycles. The van der Waals surface area contributed by atoms with Gasteiger partial charge in [-0.15, -0.1) is 0 Å². The van der Waals surface area contributed by atoms with Gasteiger partial charge in [0.25, 0.3) is 0 Å². The number of rotatable bonds is 7. The van der Waals surface area contributed by atoms with Gasteiger partial charge >= 0.3 is 0 Å². The summed E-state index contributed by atoms with van der Waals surface area (Å²) in [6, 6.07) is 6.59. The van der Waals surface area contributed by atoms with Gasteiger partial charge < -0.3 is 15.8 Å². The number of amides is 1. The van der Waals surface area contributed by atoms with E-state index in [9.17, 15) is 13.2 Å². The van der Waals surface area contributed by atoms with Crippen LogP contribution in [0.5, 0.6) is 0 Å². The van der Waals surface area contributed by atoms with E-state index in [2.05, 4.69) is 5.32 Å². The molecule has 23 heavy (non-hydrogen) atoms. The molecule has 3 N–H and O–H groups in total.